The van der Waals surface area contributed by atoms with Crippen molar-refractivity contribution < 1.29 is 14.5 Å². The summed E-state index contributed by atoms with van der Waals surface area (Å²) in [4.78, 5) is 29.1. The zero-order valence-corrected chi connectivity index (χ0v) is 19.5. The van der Waals surface area contributed by atoms with Gasteiger partial charge in [-0.2, -0.15) is 0 Å². The van der Waals surface area contributed by atoms with Crippen LogP contribution in [0.15, 0.2) is 76.8 Å². The first-order valence-electron chi connectivity index (χ1n) is 9.87. The van der Waals surface area contributed by atoms with Crippen LogP contribution < -0.4 is 10.1 Å². The lowest BCUT2D eigenvalue weighted by molar-refractivity contribution is -0.384. The number of non-ortho nitro benzene ring substituents is 1. The number of nitrogens with one attached hydrogen (secondary N) is 1. The Labute approximate surface area is 198 Å². The molecule has 1 aromatic heterocycles. The smallest absolute Gasteiger partial charge is 0.271 e. The van der Waals surface area contributed by atoms with Crippen molar-refractivity contribution in [3.8, 4) is 11.4 Å². The van der Waals surface area contributed by atoms with Gasteiger partial charge in [0, 0.05) is 17.0 Å². The summed E-state index contributed by atoms with van der Waals surface area (Å²) < 4.78 is 7.37. The topological polar surface area (TPSA) is 99.3 Å². The number of carbonyl (C=O) groups is 1. The average molecular weight is 481 g/mol. The molecule has 0 unspecified atom stereocenters. The van der Waals surface area contributed by atoms with Crippen LogP contribution in [0.1, 0.15) is 0 Å². The fourth-order valence-corrected chi connectivity index (χ4v) is 4.74. The Balaban J connectivity index is 1.68. The molecule has 0 saturated carbocycles. The molecule has 0 radical (unpaired) electrons. The molecule has 0 saturated heterocycles. The second kappa shape index (κ2) is 9.97. The van der Waals surface area contributed by atoms with E-state index in [0.717, 1.165) is 16.3 Å². The minimum Gasteiger partial charge on any atom is -0.495 e. The number of thioether (sulfide) groups is 2. The van der Waals surface area contributed by atoms with Crippen LogP contribution in [0.5, 0.6) is 5.75 Å². The predicted molar refractivity (Wildman–Crippen MR) is 132 cm³/mol. The molecule has 1 N–H and O–H groups in total. The number of anilines is 1. The number of amides is 1. The number of hydrogen-bond acceptors (Lipinski definition) is 7. The third-order valence-electron chi connectivity index (χ3n) is 4.86. The highest BCUT2D eigenvalue weighted by atomic mass is 32.2. The predicted octanol–water partition coefficient (Wildman–Crippen LogP) is 5.40. The molecule has 0 aliphatic carbocycles. The standard InChI is InChI=1S/C23H20N4O4S2/c1-31-20-9-5-4-8-19(20)26-18-12-11-15(27(29)30)13-17(18)25-23(26)33-14-22(28)24-16-7-3-6-10-21(16)32-2/h3-13H,14H2,1-2H3,(H,24,28). The lowest BCUT2D eigenvalue weighted by Gasteiger charge is -2.13. The fraction of sp³-hybridized carbons (Fsp3) is 0.130. The van der Waals surface area contributed by atoms with Gasteiger partial charge in [0.05, 0.1) is 40.2 Å². The number of nitrogens with zero attached hydrogens (tertiary/aromatic N) is 3. The van der Waals surface area contributed by atoms with Gasteiger partial charge in [0.15, 0.2) is 5.16 Å². The monoisotopic (exact) mass is 480 g/mol. The molecule has 0 bridgehead atoms. The van der Waals surface area contributed by atoms with Gasteiger partial charge >= 0.3 is 0 Å². The molecule has 168 valence electrons. The summed E-state index contributed by atoms with van der Waals surface area (Å²) in [7, 11) is 1.58. The summed E-state index contributed by atoms with van der Waals surface area (Å²) in [5, 5.41) is 14.7. The number of ether oxygens (including phenoxy) is 1. The number of nitro groups is 1. The number of nitro benzene ring substituents is 1. The van der Waals surface area contributed by atoms with E-state index in [1.165, 1.54) is 23.9 Å². The number of carbonyl (C=O) groups excluding carboxylic acids is 1. The fourth-order valence-electron chi connectivity index (χ4n) is 3.37. The van der Waals surface area contributed by atoms with E-state index in [1.54, 1.807) is 24.9 Å². The molecule has 0 aliphatic rings. The Morgan fingerprint density at radius 2 is 1.91 bits per heavy atom. The number of para-hydroxylation sites is 3. The number of benzene rings is 3. The van der Waals surface area contributed by atoms with E-state index >= 15 is 0 Å². The quantitative estimate of drug-likeness (QED) is 0.205. The zero-order chi connectivity index (χ0) is 23.4. The first kappa shape index (κ1) is 22.7. The largest absolute Gasteiger partial charge is 0.495 e. The van der Waals surface area contributed by atoms with Crippen molar-refractivity contribution in [1.29, 1.82) is 0 Å². The van der Waals surface area contributed by atoms with E-state index in [-0.39, 0.29) is 17.3 Å². The number of methoxy groups -OCH3 is 1. The van der Waals surface area contributed by atoms with Crippen LogP contribution >= 0.6 is 23.5 Å². The van der Waals surface area contributed by atoms with Gasteiger partial charge in [-0.3, -0.25) is 19.5 Å². The Morgan fingerprint density at radius 1 is 1.15 bits per heavy atom. The second-order valence-electron chi connectivity index (χ2n) is 6.87. The van der Waals surface area contributed by atoms with Gasteiger partial charge in [-0.25, -0.2) is 4.98 Å². The maximum Gasteiger partial charge on any atom is 0.271 e. The van der Waals surface area contributed by atoms with Crippen molar-refractivity contribution in [2.45, 2.75) is 10.1 Å². The van der Waals surface area contributed by atoms with E-state index in [4.69, 9.17) is 4.74 Å². The van der Waals surface area contributed by atoms with Crippen LogP contribution in [0, 0.1) is 10.1 Å². The van der Waals surface area contributed by atoms with E-state index in [0.29, 0.717) is 21.9 Å². The molecular formula is C23H20N4O4S2. The molecule has 33 heavy (non-hydrogen) atoms. The Bertz CT molecular complexity index is 1340. The highest BCUT2D eigenvalue weighted by molar-refractivity contribution is 7.99. The maximum atomic E-state index is 12.7. The number of aromatic nitrogens is 2. The first-order valence-corrected chi connectivity index (χ1v) is 12.1. The van der Waals surface area contributed by atoms with Crippen molar-refractivity contribution in [2.75, 3.05) is 24.4 Å². The minimum absolute atomic E-state index is 0.0462. The van der Waals surface area contributed by atoms with E-state index in [2.05, 4.69) is 10.3 Å². The van der Waals surface area contributed by atoms with Gasteiger partial charge < -0.3 is 10.1 Å². The zero-order valence-electron chi connectivity index (χ0n) is 17.8. The third kappa shape index (κ3) is 4.81. The normalized spacial score (nSPS) is 10.8. The number of hydrogen-bond donors (Lipinski definition) is 1. The molecule has 0 fully saturated rings. The SMILES string of the molecule is COc1ccccc1-n1c(SCC(=O)Nc2ccccc2SC)nc2cc([N+](=O)[O-])ccc21. The number of imidazole rings is 1. The molecule has 0 atom stereocenters. The molecule has 1 amide bonds. The molecular weight excluding hydrogens is 460 g/mol. The Morgan fingerprint density at radius 3 is 2.67 bits per heavy atom. The van der Waals surface area contributed by atoms with Crippen molar-refractivity contribution >= 4 is 51.8 Å². The molecule has 4 aromatic rings. The first-order chi connectivity index (χ1) is 16.0. The lowest BCUT2D eigenvalue weighted by atomic mass is 10.2. The minimum atomic E-state index is -0.453. The Hall–Kier alpha value is -3.50. The van der Waals surface area contributed by atoms with Crippen LogP contribution in [-0.2, 0) is 4.79 Å². The Kier molecular flexibility index (Phi) is 6.85. The van der Waals surface area contributed by atoms with Gasteiger partial charge in [-0.1, -0.05) is 36.0 Å². The van der Waals surface area contributed by atoms with Gasteiger partial charge in [-0.15, -0.1) is 11.8 Å². The summed E-state index contributed by atoms with van der Waals surface area (Å²) >= 11 is 2.80. The molecule has 10 heteroatoms. The summed E-state index contributed by atoms with van der Waals surface area (Å²) in [5.41, 5.74) is 2.58. The highest BCUT2D eigenvalue weighted by Crippen LogP contribution is 2.34. The van der Waals surface area contributed by atoms with Gasteiger partial charge in [-0.05, 0) is 36.6 Å². The van der Waals surface area contributed by atoms with Crippen LogP contribution in [0.4, 0.5) is 11.4 Å². The molecule has 1 heterocycles. The van der Waals surface area contributed by atoms with E-state index in [1.807, 2.05) is 59.4 Å². The summed E-state index contributed by atoms with van der Waals surface area (Å²) in [5.74, 6) is 0.560. The van der Waals surface area contributed by atoms with Crippen molar-refractivity contribution in [2.24, 2.45) is 0 Å². The van der Waals surface area contributed by atoms with E-state index < -0.39 is 4.92 Å². The van der Waals surface area contributed by atoms with Crippen molar-refractivity contribution in [3.63, 3.8) is 0 Å². The third-order valence-corrected chi connectivity index (χ3v) is 6.59. The van der Waals surface area contributed by atoms with E-state index in [9.17, 15) is 14.9 Å². The average Bonchev–Trinajstić information content (AvgIpc) is 3.20. The molecule has 3 aromatic carbocycles. The van der Waals surface area contributed by atoms with Gasteiger partial charge in [0.2, 0.25) is 5.91 Å². The highest BCUT2D eigenvalue weighted by Gasteiger charge is 2.19. The number of fused-ring (bicyclic) bond motifs is 1. The summed E-state index contributed by atoms with van der Waals surface area (Å²) in [6.07, 6.45) is 1.95. The lowest BCUT2D eigenvalue weighted by Crippen LogP contribution is -2.15. The summed E-state index contributed by atoms with van der Waals surface area (Å²) in [6, 6.07) is 19.6. The molecule has 0 aliphatic heterocycles. The van der Waals surface area contributed by atoms with Crippen LogP contribution in [0.3, 0.4) is 0 Å². The van der Waals surface area contributed by atoms with Gasteiger partial charge in [0.1, 0.15) is 5.75 Å². The molecule has 8 nitrogen and oxygen atoms in total. The van der Waals surface area contributed by atoms with Crippen molar-refractivity contribution in [1.82, 2.24) is 9.55 Å². The van der Waals surface area contributed by atoms with Crippen molar-refractivity contribution in [3.05, 3.63) is 76.8 Å². The molecule has 0 spiro atoms. The van der Waals surface area contributed by atoms with Crippen LogP contribution in [-0.4, -0.2) is 39.5 Å². The van der Waals surface area contributed by atoms with Gasteiger partial charge in [0.25, 0.3) is 5.69 Å². The second-order valence-corrected chi connectivity index (χ2v) is 8.66. The molecule has 4 rings (SSSR count). The summed E-state index contributed by atoms with van der Waals surface area (Å²) in [6.45, 7) is 0. The maximum absolute atomic E-state index is 12.7. The number of rotatable bonds is 8. The van der Waals surface area contributed by atoms with Crippen LogP contribution in [0.25, 0.3) is 16.7 Å². The van der Waals surface area contributed by atoms with Crippen LogP contribution in [0.2, 0.25) is 0 Å².